The highest BCUT2D eigenvalue weighted by molar-refractivity contribution is 9.10. The van der Waals surface area contributed by atoms with Crippen molar-refractivity contribution in [1.82, 2.24) is 4.98 Å². The summed E-state index contributed by atoms with van der Waals surface area (Å²) in [7, 11) is 0. The molecule has 1 aromatic heterocycles. The molecule has 2 unspecified atom stereocenters. The molecule has 2 atom stereocenters. The molecule has 2 nitrogen and oxygen atoms in total. The first-order valence-corrected chi connectivity index (χ1v) is 6.77. The monoisotopic (exact) mass is 304 g/mol. The van der Waals surface area contributed by atoms with Gasteiger partial charge in [-0.15, -0.1) is 0 Å². The number of aromatic nitrogens is 1. The van der Waals surface area contributed by atoms with E-state index in [4.69, 9.17) is 11.6 Å². The molecule has 0 radical (unpaired) electrons. The number of hydrogen-bond donors (Lipinski definition) is 1. The molecule has 16 heavy (non-hydrogen) atoms. The molecule has 0 aliphatic rings. The molecule has 0 saturated carbocycles. The van der Waals surface area contributed by atoms with Crippen LogP contribution in [0.5, 0.6) is 0 Å². The van der Waals surface area contributed by atoms with Gasteiger partial charge in [0, 0.05) is 16.7 Å². The number of rotatable bonds is 5. The third-order valence-electron chi connectivity index (χ3n) is 2.64. The Kier molecular flexibility index (Phi) is 5.56. The van der Waals surface area contributed by atoms with Crippen LogP contribution in [0.1, 0.15) is 33.6 Å². The molecule has 0 bridgehead atoms. The predicted molar refractivity (Wildman–Crippen MR) is 74.1 cm³/mol. The molecule has 1 rings (SSSR count). The van der Waals surface area contributed by atoms with Gasteiger partial charge in [0.25, 0.3) is 0 Å². The predicted octanol–water partition coefficient (Wildman–Crippen LogP) is 4.73. The zero-order chi connectivity index (χ0) is 12.1. The minimum atomic E-state index is 0.390. The average molecular weight is 306 g/mol. The number of nitrogens with one attached hydrogen (secondary N) is 1. The van der Waals surface area contributed by atoms with E-state index in [1.165, 1.54) is 6.42 Å². The van der Waals surface area contributed by atoms with E-state index in [9.17, 15) is 0 Å². The first-order chi connectivity index (χ1) is 7.52. The highest BCUT2D eigenvalue weighted by Gasteiger charge is 2.09. The van der Waals surface area contributed by atoms with E-state index in [-0.39, 0.29) is 0 Å². The van der Waals surface area contributed by atoms with Crippen LogP contribution in [0.2, 0.25) is 5.02 Å². The molecule has 0 spiro atoms. The van der Waals surface area contributed by atoms with Gasteiger partial charge in [-0.05, 0) is 41.3 Å². The van der Waals surface area contributed by atoms with Crippen LogP contribution in [-0.2, 0) is 0 Å². The lowest BCUT2D eigenvalue weighted by molar-refractivity contribution is 0.483. The summed E-state index contributed by atoms with van der Waals surface area (Å²) in [5.41, 5.74) is 0. The van der Waals surface area contributed by atoms with Gasteiger partial charge in [0.2, 0.25) is 0 Å². The topological polar surface area (TPSA) is 24.9 Å². The van der Waals surface area contributed by atoms with Crippen molar-refractivity contribution in [3.8, 4) is 0 Å². The number of nitrogens with zero attached hydrogens (tertiary/aromatic N) is 1. The fraction of sp³-hybridized carbons (Fsp3) is 0.583. The average Bonchev–Trinajstić information content (AvgIpc) is 2.22. The largest absolute Gasteiger partial charge is 0.366 e. The van der Waals surface area contributed by atoms with Gasteiger partial charge in [0.05, 0.1) is 5.02 Å². The van der Waals surface area contributed by atoms with Crippen LogP contribution in [0.3, 0.4) is 0 Å². The second-order valence-corrected chi connectivity index (χ2v) is 5.60. The van der Waals surface area contributed by atoms with Crippen LogP contribution in [0.15, 0.2) is 16.7 Å². The van der Waals surface area contributed by atoms with E-state index in [0.717, 1.165) is 22.6 Å². The lowest BCUT2D eigenvalue weighted by Crippen LogP contribution is -2.19. The van der Waals surface area contributed by atoms with Crippen LogP contribution in [0.4, 0.5) is 5.82 Å². The summed E-state index contributed by atoms with van der Waals surface area (Å²) in [5.74, 6) is 1.48. The van der Waals surface area contributed by atoms with E-state index in [1.807, 2.05) is 6.07 Å². The Balaban J connectivity index is 2.59. The summed E-state index contributed by atoms with van der Waals surface area (Å²) in [6.07, 6.45) is 4.09. The van der Waals surface area contributed by atoms with E-state index >= 15 is 0 Å². The highest BCUT2D eigenvalue weighted by atomic mass is 79.9. The van der Waals surface area contributed by atoms with Crippen molar-refractivity contribution in [2.45, 2.75) is 39.7 Å². The van der Waals surface area contributed by atoms with Crippen molar-refractivity contribution in [1.29, 1.82) is 0 Å². The fourth-order valence-corrected chi connectivity index (χ4v) is 2.27. The Morgan fingerprint density at radius 2 is 2.19 bits per heavy atom. The maximum Gasteiger partial charge on any atom is 0.145 e. The normalized spacial score (nSPS) is 14.6. The van der Waals surface area contributed by atoms with Gasteiger partial charge in [0.1, 0.15) is 5.82 Å². The Morgan fingerprint density at radius 3 is 2.75 bits per heavy atom. The molecule has 1 heterocycles. The van der Waals surface area contributed by atoms with Gasteiger partial charge < -0.3 is 5.32 Å². The molecule has 1 aromatic rings. The SMILES string of the molecule is CCC(C)CC(C)Nc1ncc(Br)cc1Cl. The summed E-state index contributed by atoms with van der Waals surface area (Å²) in [4.78, 5) is 4.26. The van der Waals surface area contributed by atoms with E-state index in [1.54, 1.807) is 6.20 Å². The summed E-state index contributed by atoms with van der Waals surface area (Å²) in [6, 6.07) is 2.24. The number of hydrogen-bond acceptors (Lipinski definition) is 2. The van der Waals surface area contributed by atoms with Crippen LogP contribution >= 0.6 is 27.5 Å². The minimum Gasteiger partial charge on any atom is -0.366 e. The number of halogens is 2. The van der Waals surface area contributed by atoms with E-state index in [0.29, 0.717) is 11.1 Å². The van der Waals surface area contributed by atoms with Crippen molar-refractivity contribution >= 4 is 33.3 Å². The smallest absolute Gasteiger partial charge is 0.145 e. The zero-order valence-electron chi connectivity index (χ0n) is 9.93. The van der Waals surface area contributed by atoms with Gasteiger partial charge in [-0.25, -0.2) is 4.98 Å². The molecule has 0 aromatic carbocycles. The second-order valence-electron chi connectivity index (χ2n) is 4.28. The summed E-state index contributed by atoms with van der Waals surface area (Å²) >= 11 is 9.43. The lowest BCUT2D eigenvalue weighted by atomic mass is 10.0. The summed E-state index contributed by atoms with van der Waals surface area (Å²) in [6.45, 7) is 6.63. The molecular weight excluding hydrogens is 288 g/mol. The maximum atomic E-state index is 6.09. The number of anilines is 1. The van der Waals surface area contributed by atoms with Crippen molar-refractivity contribution in [3.05, 3.63) is 21.8 Å². The van der Waals surface area contributed by atoms with Crippen molar-refractivity contribution < 1.29 is 0 Å². The van der Waals surface area contributed by atoms with Crippen LogP contribution in [0.25, 0.3) is 0 Å². The van der Waals surface area contributed by atoms with Crippen molar-refractivity contribution in [2.75, 3.05) is 5.32 Å². The van der Waals surface area contributed by atoms with Gasteiger partial charge in [-0.3, -0.25) is 0 Å². The molecule has 0 aliphatic heterocycles. The van der Waals surface area contributed by atoms with Crippen LogP contribution in [-0.4, -0.2) is 11.0 Å². The first kappa shape index (κ1) is 13.8. The molecule has 0 fully saturated rings. The molecule has 0 saturated heterocycles. The lowest BCUT2D eigenvalue weighted by Gasteiger charge is -2.18. The molecule has 90 valence electrons. The van der Waals surface area contributed by atoms with Crippen LogP contribution < -0.4 is 5.32 Å². The number of pyridine rings is 1. The molecule has 0 amide bonds. The Labute approximate surface area is 111 Å². The van der Waals surface area contributed by atoms with Gasteiger partial charge in [-0.1, -0.05) is 31.9 Å². The van der Waals surface area contributed by atoms with Crippen molar-refractivity contribution in [2.24, 2.45) is 5.92 Å². The first-order valence-electron chi connectivity index (χ1n) is 5.60. The third-order valence-corrected chi connectivity index (χ3v) is 3.37. The molecule has 1 N–H and O–H groups in total. The van der Waals surface area contributed by atoms with Gasteiger partial charge >= 0.3 is 0 Å². The molecule has 0 aliphatic carbocycles. The summed E-state index contributed by atoms with van der Waals surface area (Å²) < 4.78 is 0.901. The minimum absolute atomic E-state index is 0.390. The molecular formula is C12H18BrClN2. The van der Waals surface area contributed by atoms with Crippen molar-refractivity contribution in [3.63, 3.8) is 0 Å². The van der Waals surface area contributed by atoms with Gasteiger partial charge in [0.15, 0.2) is 0 Å². The molecule has 4 heteroatoms. The summed E-state index contributed by atoms with van der Waals surface area (Å²) in [5, 5.41) is 4.00. The quantitative estimate of drug-likeness (QED) is 0.850. The van der Waals surface area contributed by atoms with Gasteiger partial charge in [-0.2, -0.15) is 0 Å². The van der Waals surface area contributed by atoms with E-state index in [2.05, 4.69) is 47.0 Å². The fourth-order valence-electron chi connectivity index (χ4n) is 1.58. The zero-order valence-corrected chi connectivity index (χ0v) is 12.3. The Morgan fingerprint density at radius 1 is 1.50 bits per heavy atom. The maximum absolute atomic E-state index is 6.09. The van der Waals surface area contributed by atoms with E-state index < -0.39 is 0 Å². The van der Waals surface area contributed by atoms with Crippen LogP contribution in [0, 0.1) is 5.92 Å². The second kappa shape index (κ2) is 6.45. The Hall–Kier alpha value is -0.280. The highest BCUT2D eigenvalue weighted by Crippen LogP contribution is 2.24. The third kappa shape index (κ3) is 4.30. The Bertz CT molecular complexity index is 344. The standard InChI is InChI=1S/C12H18BrClN2/c1-4-8(2)5-9(3)16-12-11(14)6-10(13)7-15-12/h6-9H,4-5H2,1-3H3,(H,15,16).